The average Bonchev–Trinajstić information content (AvgIpc) is 2.88. The molecule has 1 atom stereocenters. The maximum atomic E-state index is 12.7. The van der Waals surface area contributed by atoms with E-state index in [0.717, 1.165) is 42.7 Å². The summed E-state index contributed by atoms with van der Waals surface area (Å²) >= 11 is 0. The molecule has 3 rings (SSSR count). The van der Waals surface area contributed by atoms with E-state index in [4.69, 9.17) is 18.9 Å². The van der Waals surface area contributed by atoms with E-state index in [0.29, 0.717) is 31.1 Å². The minimum atomic E-state index is -0.194. The van der Waals surface area contributed by atoms with Gasteiger partial charge in [0.25, 0.3) is 0 Å². The maximum Gasteiger partial charge on any atom is 0.311 e. The number of ether oxygens (including phenoxy) is 4. The van der Waals surface area contributed by atoms with Crippen LogP contribution in [0.3, 0.4) is 0 Å². The lowest BCUT2D eigenvalue weighted by Gasteiger charge is -2.28. The molecule has 1 aliphatic heterocycles. The zero-order valence-corrected chi connectivity index (χ0v) is 22.5. The van der Waals surface area contributed by atoms with Crippen LogP contribution in [0, 0.1) is 0 Å². The molecule has 5 nitrogen and oxygen atoms in total. The molecule has 2 aromatic carbocycles. The van der Waals surface area contributed by atoms with Gasteiger partial charge < -0.3 is 18.9 Å². The molecule has 0 N–H and O–H groups in total. The van der Waals surface area contributed by atoms with Crippen molar-refractivity contribution in [3.63, 3.8) is 0 Å². The second-order valence-corrected chi connectivity index (χ2v) is 9.53. The van der Waals surface area contributed by atoms with Gasteiger partial charge in [0.1, 0.15) is 29.1 Å². The molecule has 1 heterocycles. The van der Waals surface area contributed by atoms with E-state index in [1.165, 1.54) is 50.5 Å². The number of hydrogen-bond donors (Lipinski definition) is 0. The first-order valence-corrected chi connectivity index (χ1v) is 14.0. The molecule has 2 aromatic rings. The highest BCUT2D eigenvalue weighted by atomic mass is 16.5. The number of esters is 1. The molecule has 1 aliphatic rings. The van der Waals surface area contributed by atoms with Gasteiger partial charge in [-0.25, -0.2) is 0 Å². The third kappa shape index (κ3) is 8.76. The number of rotatable bonds is 16. The molecule has 0 fully saturated rings. The van der Waals surface area contributed by atoms with Gasteiger partial charge in [-0.1, -0.05) is 64.4 Å². The van der Waals surface area contributed by atoms with Crippen molar-refractivity contribution in [1.29, 1.82) is 0 Å². The number of benzene rings is 2. The Labute approximate surface area is 217 Å². The minimum absolute atomic E-state index is 0.192. The van der Waals surface area contributed by atoms with Gasteiger partial charge in [-0.2, -0.15) is 0 Å². The fourth-order valence-electron chi connectivity index (χ4n) is 4.70. The lowest BCUT2D eigenvalue weighted by Crippen LogP contribution is -2.18. The third-order valence-corrected chi connectivity index (χ3v) is 6.65. The van der Waals surface area contributed by atoms with Crippen molar-refractivity contribution in [2.75, 3.05) is 13.2 Å². The van der Waals surface area contributed by atoms with E-state index in [1.807, 2.05) is 44.2 Å². The fraction of sp³-hybridized carbons (Fsp3) is 0.581. The van der Waals surface area contributed by atoms with Gasteiger partial charge >= 0.3 is 5.97 Å². The van der Waals surface area contributed by atoms with Crippen molar-refractivity contribution < 1.29 is 23.7 Å². The molecule has 0 saturated carbocycles. The first kappa shape index (κ1) is 27.9. The smallest absolute Gasteiger partial charge is 0.311 e. The Morgan fingerprint density at radius 2 is 1.47 bits per heavy atom. The van der Waals surface area contributed by atoms with E-state index in [2.05, 4.69) is 13.0 Å². The summed E-state index contributed by atoms with van der Waals surface area (Å²) in [5, 5.41) is 0. The van der Waals surface area contributed by atoms with E-state index in [1.54, 1.807) is 0 Å². The number of carbonyl (C=O) groups is 1. The highest BCUT2D eigenvalue weighted by Gasteiger charge is 2.26. The summed E-state index contributed by atoms with van der Waals surface area (Å²) in [5.74, 6) is 2.68. The largest absolute Gasteiger partial charge is 0.494 e. The molecule has 198 valence electrons. The molecular weight excluding hydrogens is 452 g/mol. The van der Waals surface area contributed by atoms with Gasteiger partial charge in [0, 0.05) is 24.1 Å². The molecule has 0 aromatic heterocycles. The Hall–Kier alpha value is -2.69. The molecular formula is C31H44O5. The second kappa shape index (κ2) is 15.4. The SMILES string of the molecule is CCCCCCCCCCCC(=O)Oc1cc(OCC)ccc1C1CCc2ccc(OCC)cc2O1. The highest BCUT2D eigenvalue weighted by Crippen LogP contribution is 2.41. The van der Waals surface area contributed by atoms with Crippen molar-refractivity contribution in [3.8, 4) is 23.0 Å². The molecule has 5 heteroatoms. The highest BCUT2D eigenvalue weighted by molar-refractivity contribution is 5.73. The van der Waals surface area contributed by atoms with Gasteiger partial charge in [0.2, 0.25) is 0 Å². The number of carbonyl (C=O) groups excluding carboxylic acids is 1. The van der Waals surface area contributed by atoms with Crippen molar-refractivity contribution in [2.45, 2.75) is 104 Å². The standard InChI is InChI=1S/C31H44O5/c1-4-7-8-9-10-11-12-13-14-15-31(32)36-30-23-26(34-6-3)19-20-27(30)28-21-17-24-16-18-25(33-5-2)22-29(24)35-28/h16,18-20,22-23,28H,4-15,17,21H2,1-3H3. The third-order valence-electron chi connectivity index (χ3n) is 6.65. The van der Waals surface area contributed by atoms with E-state index < -0.39 is 0 Å². The number of fused-ring (bicyclic) bond motifs is 1. The Morgan fingerprint density at radius 3 is 2.17 bits per heavy atom. The molecule has 0 spiro atoms. The zero-order valence-electron chi connectivity index (χ0n) is 22.5. The predicted octanol–water partition coefficient (Wildman–Crippen LogP) is 8.38. The van der Waals surface area contributed by atoms with Crippen LogP contribution in [0.2, 0.25) is 0 Å². The van der Waals surface area contributed by atoms with Crippen molar-refractivity contribution >= 4 is 5.97 Å². The average molecular weight is 497 g/mol. The summed E-state index contributed by atoms with van der Waals surface area (Å²) in [4.78, 5) is 12.7. The van der Waals surface area contributed by atoms with Crippen LogP contribution in [-0.2, 0) is 11.2 Å². The summed E-state index contributed by atoms with van der Waals surface area (Å²) < 4.78 is 23.6. The number of unbranched alkanes of at least 4 members (excludes halogenated alkanes) is 8. The summed E-state index contributed by atoms with van der Waals surface area (Å²) in [7, 11) is 0. The van der Waals surface area contributed by atoms with E-state index >= 15 is 0 Å². The Bertz CT molecular complexity index is 939. The first-order chi connectivity index (χ1) is 17.6. The van der Waals surface area contributed by atoms with Crippen LogP contribution in [-0.4, -0.2) is 19.2 Å². The number of aryl methyl sites for hydroxylation is 1. The van der Waals surface area contributed by atoms with Crippen LogP contribution in [0.5, 0.6) is 23.0 Å². The molecule has 0 amide bonds. The van der Waals surface area contributed by atoms with Gasteiger partial charge in [0.15, 0.2) is 0 Å². The van der Waals surface area contributed by atoms with Crippen LogP contribution in [0.25, 0.3) is 0 Å². The second-order valence-electron chi connectivity index (χ2n) is 9.53. The molecule has 36 heavy (non-hydrogen) atoms. The molecule has 0 bridgehead atoms. The molecule has 0 saturated heterocycles. The molecule has 1 unspecified atom stereocenters. The van der Waals surface area contributed by atoms with Gasteiger partial charge in [-0.15, -0.1) is 0 Å². The monoisotopic (exact) mass is 496 g/mol. The normalized spacial score (nSPS) is 14.6. The Balaban J connectivity index is 1.58. The minimum Gasteiger partial charge on any atom is -0.494 e. The van der Waals surface area contributed by atoms with Crippen LogP contribution >= 0.6 is 0 Å². The Morgan fingerprint density at radius 1 is 0.833 bits per heavy atom. The lowest BCUT2D eigenvalue weighted by atomic mass is 9.96. The number of hydrogen-bond acceptors (Lipinski definition) is 5. The van der Waals surface area contributed by atoms with Gasteiger partial charge in [0.05, 0.1) is 13.2 Å². The van der Waals surface area contributed by atoms with Gasteiger partial charge in [-0.05, 0) is 56.9 Å². The lowest BCUT2D eigenvalue weighted by molar-refractivity contribution is -0.134. The van der Waals surface area contributed by atoms with Crippen molar-refractivity contribution in [1.82, 2.24) is 0 Å². The fourth-order valence-corrected chi connectivity index (χ4v) is 4.70. The molecule has 0 aliphatic carbocycles. The van der Waals surface area contributed by atoms with Crippen LogP contribution < -0.4 is 18.9 Å². The van der Waals surface area contributed by atoms with Crippen molar-refractivity contribution in [3.05, 3.63) is 47.5 Å². The maximum absolute atomic E-state index is 12.7. The van der Waals surface area contributed by atoms with E-state index in [-0.39, 0.29) is 12.1 Å². The Kier molecular flexibility index (Phi) is 12.0. The van der Waals surface area contributed by atoms with Crippen LogP contribution in [0.15, 0.2) is 36.4 Å². The summed E-state index contributed by atoms with van der Waals surface area (Å²) in [6.07, 6.45) is 12.9. The van der Waals surface area contributed by atoms with Crippen LogP contribution in [0.1, 0.15) is 109 Å². The first-order valence-electron chi connectivity index (χ1n) is 14.0. The summed E-state index contributed by atoms with van der Waals surface area (Å²) in [6.45, 7) is 7.33. The summed E-state index contributed by atoms with van der Waals surface area (Å²) in [5.41, 5.74) is 2.05. The van der Waals surface area contributed by atoms with Gasteiger partial charge in [-0.3, -0.25) is 4.79 Å². The summed E-state index contributed by atoms with van der Waals surface area (Å²) in [6, 6.07) is 11.7. The topological polar surface area (TPSA) is 54.0 Å². The molecule has 0 radical (unpaired) electrons. The van der Waals surface area contributed by atoms with E-state index in [9.17, 15) is 4.79 Å². The quantitative estimate of drug-likeness (QED) is 0.133. The zero-order chi connectivity index (χ0) is 25.6. The van der Waals surface area contributed by atoms with Crippen molar-refractivity contribution in [2.24, 2.45) is 0 Å². The van der Waals surface area contributed by atoms with Crippen LogP contribution in [0.4, 0.5) is 0 Å². The predicted molar refractivity (Wildman–Crippen MR) is 144 cm³/mol.